The first-order valence-corrected chi connectivity index (χ1v) is 11.6. The maximum absolute atomic E-state index is 11.5. The molecule has 164 valence electrons. The molecule has 0 aromatic rings. The lowest BCUT2D eigenvalue weighted by atomic mass is 9.47. The first-order valence-electron chi connectivity index (χ1n) is 11.6. The third-order valence-electron chi connectivity index (χ3n) is 10.5. The molecule has 29 heavy (non-hydrogen) atoms. The number of amides is 1. The first-order chi connectivity index (χ1) is 13.3. The van der Waals surface area contributed by atoms with E-state index in [1.54, 1.807) is 17.5 Å². The van der Waals surface area contributed by atoms with E-state index in [2.05, 4.69) is 31.9 Å². The molecule has 8 unspecified atom stereocenters. The summed E-state index contributed by atoms with van der Waals surface area (Å²) >= 11 is 0. The summed E-state index contributed by atoms with van der Waals surface area (Å²) in [4.78, 5) is 15.7. The molecule has 4 fully saturated rings. The molecule has 1 aliphatic heterocycles. The molecule has 3 saturated carbocycles. The van der Waals surface area contributed by atoms with E-state index in [0.717, 1.165) is 42.6 Å². The van der Waals surface area contributed by atoms with Gasteiger partial charge in [0.05, 0.1) is 0 Å². The van der Waals surface area contributed by atoms with Gasteiger partial charge in [0.25, 0.3) is 0 Å². The molecule has 5 aliphatic rings. The normalized spacial score (nSPS) is 48.5. The van der Waals surface area contributed by atoms with Gasteiger partial charge in [-0.2, -0.15) is 0 Å². The van der Waals surface area contributed by atoms with Crippen LogP contribution in [0.3, 0.4) is 0 Å². The van der Waals surface area contributed by atoms with Crippen LogP contribution in [-0.4, -0.2) is 53.7 Å². The van der Waals surface area contributed by atoms with E-state index in [4.69, 9.17) is 0 Å². The first kappa shape index (κ1) is 21.5. The molecule has 4 nitrogen and oxygen atoms in total. The van der Waals surface area contributed by atoms with E-state index < -0.39 is 6.09 Å². The summed E-state index contributed by atoms with van der Waals surface area (Å²) in [7, 11) is 4.10. The van der Waals surface area contributed by atoms with Crippen LogP contribution < -0.4 is 0 Å². The Hall–Kier alpha value is -0.740. The van der Waals surface area contributed by atoms with Crippen LogP contribution in [-0.2, 0) is 0 Å². The number of halogens is 1. The predicted molar refractivity (Wildman–Crippen MR) is 118 cm³/mol. The minimum atomic E-state index is -0.779. The SMILES string of the molecule is CC1C2CCC3C4CC=C5CC(N(C)C(=O)O)CCC5(C)C4CCC32CN1C.Cl. The molecule has 0 aromatic carbocycles. The molecule has 1 amide bonds. The summed E-state index contributed by atoms with van der Waals surface area (Å²) in [6.07, 6.45) is 11.9. The average Bonchev–Trinajstić information content (AvgIpc) is 3.14. The Bertz CT molecular complexity index is 711. The van der Waals surface area contributed by atoms with E-state index >= 15 is 0 Å². The molecular formula is C24H39ClN2O2. The lowest BCUT2D eigenvalue weighted by Crippen LogP contribution is -2.52. The van der Waals surface area contributed by atoms with Crippen molar-refractivity contribution in [1.82, 2.24) is 9.80 Å². The van der Waals surface area contributed by atoms with Gasteiger partial charge in [-0.25, -0.2) is 4.79 Å². The van der Waals surface area contributed by atoms with Crippen molar-refractivity contribution in [3.8, 4) is 0 Å². The number of carboxylic acid groups (broad SMARTS) is 1. The van der Waals surface area contributed by atoms with Gasteiger partial charge in [0.2, 0.25) is 0 Å². The maximum atomic E-state index is 11.5. The molecule has 0 radical (unpaired) electrons. The van der Waals surface area contributed by atoms with Gasteiger partial charge < -0.3 is 14.9 Å². The summed E-state index contributed by atoms with van der Waals surface area (Å²) in [5.74, 6) is 3.51. The van der Waals surface area contributed by atoms with E-state index in [1.165, 1.54) is 45.1 Å². The van der Waals surface area contributed by atoms with Gasteiger partial charge in [0.15, 0.2) is 0 Å². The molecule has 4 aliphatic carbocycles. The van der Waals surface area contributed by atoms with Crippen LogP contribution in [0, 0.1) is 34.5 Å². The van der Waals surface area contributed by atoms with Crippen LogP contribution in [0.2, 0.25) is 0 Å². The molecule has 1 saturated heterocycles. The van der Waals surface area contributed by atoms with Gasteiger partial charge in [-0.05, 0) is 99.8 Å². The Morgan fingerprint density at radius 3 is 2.62 bits per heavy atom. The third-order valence-corrected chi connectivity index (χ3v) is 10.5. The summed E-state index contributed by atoms with van der Waals surface area (Å²) in [6, 6.07) is 0.928. The quantitative estimate of drug-likeness (QED) is 0.584. The Morgan fingerprint density at radius 2 is 1.90 bits per heavy atom. The second-order valence-corrected chi connectivity index (χ2v) is 11.2. The molecule has 5 heteroatoms. The minimum Gasteiger partial charge on any atom is -0.465 e. The molecule has 0 bridgehead atoms. The second kappa shape index (κ2) is 7.15. The number of hydrogen-bond acceptors (Lipinski definition) is 2. The fourth-order valence-corrected chi connectivity index (χ4v) is 8.93. The highest BCUT2D eigenvalue weighted by atomic mass is 35.5. The van der Waals surface area contributed by atoms with Crippen molar-refractivity contribution < 1.29 is 9.90 Å². The number of likely N-dealkylation sites (tertiary alicyclic amines) is 1. The third kappa shape index (κ3) is 2.84. The van der Waals surface area contributed by atoms with Gasteiger partial charge in [0, 0.05) is 25.7 Å². The Kier molecular flexibility index (Phi) is 5.30. The zero-order valence-corrected chi connectivity index (χ0v) is 19.4. The maximum Gasteiger partial charge on any atom is 0.407 e. The van der Waals surface area contributed by atoms with Crippen LogP contribution in [0.1, 0.15) is 65.2 Å². The van der Waals surface area contributed by atoms with Gasteiger partial charge >= 0.3 is 6.09 Å². The topological polar surface area (TPSA) is 43.8 Å². The number of fused-ring (bicyclic) bond motifs is 4. The summed E-state index contributed by atoms with van der Waals surface area (Å²) in [5.41, 5.74) is 2.49. The Balaban J connectivity index is 0.00000205. The van der Waals surface area contributed by atoms with E-state index in [9.17, 15) is 9.90 Å². The van der Waals surface area contributed by atoms with Crippen molar-refractivity contribution in [2.24, 2.45) is 34.5 Å². The van der Waals surface area contributed by atoms with E-state index in [-0.39, 0.29) is 18.4 Å². The Morgan fingerprint density at radius 1 is 1.17 bits per heavy atom. The van der Waals surface area contributed by atoms with Crippen LogP contribution in [0.15, 0.2) is 11.6 Å². The summed E-state index contributed by atoms with van der Waals surface area (Å²) in [5, 5.41) is 9.42. The second-order valence-electron chi connectivity index (χ2n) is 11.2. The fraction of sp³-hybridized carbons (Fsp3) is 0.875. The van der Waals surface area contributed by atoms with E-state index in [1.807, 2.05) is 0 Å². The average molecular weight is 423 g/mol. The monoisotopic (exact) mass is 422 g/mol. The number of allylic oxidation sites excluding steroid dienone is 1. The predicted octanol–water partition coefficient (Wildman–Crippen LogP) is 5.28. The number of carbonyl (C=O) groups is 1. The highest BCUT2D eigenvalue weighted by molar-refractivity contribution is 5.85. The zero-order valence-electron chi connectivity index (χ0n) is 18.6. The van der Waals surface area contributed by atoms with Crippen molar-refractivity contribution >= 4 is 18.5 Å². The van der Waals surface area contributed by atoms with Gasteiger partial charge in [0.1, 0.15) is 0 Å². The largest absolute Gasteiger partial charge is 0.465 e. The lowest BCUT2D eigenvalue weighted by Gasteiger charge is -2.58. The molecule has 1 N–H and O–H groups in total. The van der Waals surface area contributed by atoms with Crippen molar-refractivity contribution in [3.63, 3.8) is 0 Å². The number of rotatable bonds is 1. The number of nitrogens with zero attached hydrogens (tertiary/aromatic N) is 2. The van der Waals surface area contributed by atoms with Crippen LogP contribution >= 0.6 is 12.4 Å². The Labute approximate surface area is 182 Å². The minimum absolute atomic E-state index is 0. The van der Waals surface area contributed by atoms with Gasteiger partial charge in [-0.1, -0.05) is 18.6 Å². The van der Waals surface area contributed by atoms with Gasteiger partial charge in [-0.15, -0.1) is 12.4 Å². The van der Waals surface area contributed by atoms with Crippen molar-refractivity contribution in [1.29, 1.82) is 0 Å². The summed E-state index contributed by atoms with van der Waals surface area (Å²) in [6.45, 7) is 6.32. The van der Waals surface area contributed by atoms with Crippen molar-refractivity contribution in [2.45, 2.75) is 77.3 Å². The summed E-state index contributed by atoms with van der Waals surface area (Å²) < 4.78 is 0. The van der Waals surface area contributed by atoms with Crippen LogP contribution in [0.4, 0.5) is 4.79 Å². The molecule has 8 atom stereocenters. The van der Waals surface area contributed by atoms with Crippen LogP contribution in [0.25, 0.3) is 0 Å². The molecule has 0 aromatic heterocycles. The zero-order chi connectivity index (χ0) is 19.8. The molecule has 1 spiro atoms. The van der Waals surface area contributed by atoms with E-state index in [0.29, 0.717) is 10.8 Å². The molecule has 5 rings (SSSR count). The lowest BCUT2D eigenvalue weighted by molar-refractivity contribution is -0.0431. The molecule has 1 heterocycles. The highest BCUT2D eigenvalue weighted by Gasteiger charge is 2.64. The standard InChI is InChI=1S/C24H38N2O2.ClH/c1-15-19-7-8-21-18-6-5-16-13-17(26(4)22(27)28)9-11-23(16,2)20(18)10-12-24(19,21)14-25(15)3;/h5,15,17-21H,6-14H2,1-4H3,(H,27,28);1H. The highest BCUT2D eigenvalue weighted by Crippen LogP contribution is 2.68. The van der Waals surface area contributed by atoms with Crippen molar-refractivity contribution in [2.75, 3.05) is 20.6 Å². The van der Waals surface area contributed by atoms with Gasteiger partial charge in [-0.3, -0.25) is 0 Å². The molecular weight excluding hydrogens is 384 g/mol. The van der Waals surface area contributed by atoms with Crippen molar-refractivity contribution in [3.05, 3.63) is 11.6 Å². The smallest absolute Gasteiger partial charge is 0.407 e. The van der Waals surface area contributed by atoms with Crippen LogP contribution in [0.5, 0.6) is 0 Å². The number of hydrogen-bond donors (Lipinski definition) is 1. The fourth-order valence-electron chi connectivity index (χ4n) is 8.93.